The van der Waals surface area contributed by atoms with Gasteiger partial charge in [0.1, 0.15) is 5.75 Å². The average molecular weight is 462 g/mol. The van der Waals surface area contributed by atoms with Gasteiger partial charge in [-0.05, 0) is 75.5 Å². The van der Waals surface area contributed by atoms with Gasteiger partial charge in [0.2, 0.25) is 0 Å². The summed E-state index contributed by atoms with van der Waals surface area (Å²) in [6, 6.07) is 12.9. The average Bonchev–Trinajstić information content (AvgIpc) is 3.11. The molecule has 1 amide bonds. The van der Waals surface area contributed by atoms with Crippen molar-refractivity contribution in [2.24, 2.45) is 0 Å². The van der Waals surface area contributed by atoms with Gasteiger partial charge in [-0.2, -0.15) is 4.37 Å². The van der Waals surface area contributed by atoms with Gasteiger partial charge in [0.15, 0.2) is 5.78 Å². The van der Waals surface area contributed by atoms with Crippen molar-refractivity contribution in [1.82, 2.24) is 9.69 Å². The minimum Gasteiger partial charge on any atom is -0.497 e. The first-order chi connectivity index (χ1) is 15.7. The number of nitrogens with one attached hydrogen (secondary N) is 2. The second kappa shape index (κ2) is 8.83. The largest absolute Gasteiger partial charge is 0.497 e. The topological polar surface area (TPSA) is 80.3 Å². The van der Waals surface area contributed by atoms with Crippen molar-refractivity contribution in [2.75, 3.05) is 12.4 Å². The number of aromatic nitrogens is 1. The fourth-order valence-corrected chi connectivity index (χ4v) is 4.82. The van der Waals surface area contributed by atoms with Crippen LogP contribution in [0.3, 0.4) is 0 Å². The second-order valence-electron chi connectivity index (χ2n) is 8.87. The number of amides is 1. The van der Waals surface area contributed by atoms with Crippen LogP contribution in [0, 0.1) is 13.8 Å². The van der Waals surface area contributed by atoms with Crippen LogP contribution in [0.2, 0.25) is 0 Å². The molecule has 3 aromatic rings. The highest BCUT2D eigenvalue weighted by atomic mass is 32.1. The van der Waals surface area contributed by atoms with Gasteiger partial charge in [0.25, 0.3) is 5.91 Å². The van der Waals surface area contributed by atoms with E-state index in [1.165, 1.54) is 11.5 Å². The first kappa shape index (κ1) is 22.7. The van der Waals surface area contributed by atoms with Crippen LogP contribution in [0.5, 0.6) is 5.75 Å². The molecule has 0 spiro atoms. The maximum absolute atomic E-state index is 13.2. The summed E-state index contributed by atoms with van der Waals surface area (Å²) in [6.07, 6.45) is 2.47. The zero-order valence-electron chi connectivity index (χ0n) is 19.4. The zero-order valence-corrected chi connectivity index (χ0v) is 20.2. The van der Waals surface area contributed by atoms with E-state index in [2.05, 4.69) is 34.9 Å². The molecule has 6 nitrogen and oxygen atoms in total. The van der Waals surface area contributed by atoms with Gasteiger partial charge in [0, 0.05) is 39.0 Å². The Labute approximate surface area is 197 Å². The lowest BCUT2D eigenvalue weighted by atomic mass is 9.85. The molecular weight excluding hydrogens is 434 g/mol. The number of rotatable bonds is 5. The van der Waals surface area contributed by atoms with Gasteiger partial charge in [-0.3, -0.25) is 9.59 Å². The molecule has 2 aromatic carbocycles. The minimum absolute atomic E-state index is 0.148. The third-order valence-electron chi connectivity index (χ3n) is 5.65. The molecule has 1 aliphatic heterocycles. The van der Waals surface area contributed by atoms with Gasteiger partial charge in [0.05, 0.1) is 18.4 Å². The highest BCUT2D eigenvalue weighted by molar-refractivity contribution is 7.06. The van der Waals surface area contributed by atoms with Crippen molar-refractivity contribution in [2.45, 2.75) is 39.7 Å². The maximum atomic E-state index is 13.2. The lowest BCUT2D eigenvalue weighted by molar-refractivity contribution is 0.102. The summed E-state index contributed by atoms with van der Waals surface area (Å²) in [4.78, 5) is 26.8. The second-order valence-corrected chi connectivity index (χ2v) is 9.84. The quantitative estimate of drug-likeness (QED) is 0.405. The highest BCUT2D eigenvalue weighted by Gasteiger charge is 2.28. The number of ether oxygens (including phenoxy) is 1. The zero-order chi connectivity index (χ0) is 23.8. The van der Waals surface area contributed by atoms with Crippen LogP contribution in [0.4, 0.5) is 5.69 Å². The maximum Gasteiger partial charge on any atom is 0.258 e. The van der Waals surface area contributed by atoms with Crippen LogP contribution < -0.4 is 15.4 Å². The standard InChI is InChI=1S/C26H27N3O3S/c1-15-24(16(2)33-29-15)25(31)27-19-8-6-7-17(11-19)23(30)13-22-21-12-20(32-5)10-9-18(21)14-26(3,4)28-22/h6-13,28H,14H2,1-5H3,(H,27,31)/b22-13-. The van der Waals surface area contributed by atoms with Gasteiger partial charge in [-0.15, -0.1) is 0 Å². The Morgan fingerprint density at radius 3 is 2.67 bits per heavy atom. The monoisotopic (exact) mass is 461 g/mol. The number of allylic oxidation sites excluding steroid dienone is 1. The molecule has 0 aliphatic carbocycles. The molecule has 170 valence electrons. The molecule has 7 heteroatoms. The number of hydrogen-bond donors (Lipinski definition) is 2. The van der Waals surface area contributed by atoms with Crippen LogP contribution in [0.25, 0.3) is 5.70 Å². The SMILES string of the molecule is COc1ccc2c(c1)/C(=C/C(=O)c1cccc(NC(=O)c3c(C)nsc3C)c1)NC(C)(C)C2. The Balaban J connectivity index is 1.62. The fraction of sp³-hybridized carbons (Fsp3) is 0.269. The molecule has 0 fully saturated rings. The molecule has 4 rings (SSSR count). The molecule has 1 aliphatic rings. The van der Waals surface area contributed by atoms with Crippen molar-refractivity contribution in [3.8, 4) is 5.75 Å². The molecular formula is C26H27N3O3S. The Kier molecular flexibility index (Phi) is 6.08. The number of carbonyl (C=O) groups is 2. The van der Waals surface area contributed by atoms with E-state index in [1.807, 2.05) is 26.0 Å². The van der Waals surface area contributed by atoms with E-state index in [0.717, 1.165) is 33.9 Å². The highest BCUT2D eigenvalue weighted by Crippen LogP contribution is 2.32. The number of hydrogen-bond acceptors (Lipinski definition) is 6. The van der Waals surface area contributed by atoms with E-state index in [1.54, 1.807) is 37.5 Å². The van der Waals surface area contributed by atoms with Crippen LogP contribution >= 0.6 is 11.5 Å². The van der Waals surface area contributed by atoms with Crippen LogP contribution in [-0.2, 0) is 6.42 Å². The van der Waals surface area contributed by atoms with E-state index < -0.39 is 0 Å². The van der Waals surface area contributed by atoms with Crippen LogP contribution in [0.15, 0.2) is 48.5 Å². The van der Waals surface area contributed by atoms with Crippen LogP contribution in [-0.4, -0.2) is 28.7 Å². The Hall–Kier alpha value is -3.45. The molecule has 0 atom stereocenters. The van der Waals surface area contributed by atoms with Crippen molar-refractivity contribution in [3.63, 3.8) is 0 Å². The van der Waals surface area contributed by atoms with E-state index >= 15 is 0 Å². The number of methoxy groups -OCH3 is 1. The third-order valence-corrected chi connectivity index (χ3v) is 6.50. The summed E-state index contributed by atoms with van der Waals surface area (Å²) >= 11 is 1.31. The van der Waals surface area contributed by atoms with Gasteiger partial charge >= 0.3 is 0 Å². The molecule has 0 radical (unpaired) electrons. The number of ketones is 1. The molecule has 0 unspecified atom stereocenters. The fourth-order valence-electron chi connectivity index (χ4n) is 4.12. The van der Waals surface area contributed by atoms with E-state index in [4.69, 9.17) is 4.74 Å². The molecule has 1 aromatic heterocycles. The number of nitrogens with zero attached hydrogens (tertiary/aromatic N) is 1. The van der Waals surface area contributed by atoms with Crippen molar-refractivity contribution < 1.29 is 14.3 Å². The van der Waals surface area contributed by atoms with E-state index in [9.17, 15) is 9.59 Å². The van der Waals surface area contributed by atoms with Crippen molar-refractivity contribution in [1.29, 1.82) is 0 Å². The lowest BCUT2D eigenvalue weighted by Crippen LogP contribution is -2.43. The Morgan fingerprint density at radius 2 is 1.97 bits per heavy atom. The summed E-state index contributed by atoms with van der Waals surface area (Å²) in [5.74, 6) is 0.370. The van der Waals surface area contributed by atoms with E-state index in [0.29, 0.717) is 22.5 Å². The van der Waals surface area contributed by atoms with Gasteiger partial charge in [-0.25, -0.2) is 0 Å². The number of carbonyl (C=O) groups excluding carboxylic acids is 2. The predicted molar refractivity (Wildman–Crippen MR) is 132 cm³/mol. The molecule has 0 bridgehead atoms. The number of fused-ring (bicyclic) bond motifs is 1. The minimum atomic E-state index is -0.224. The molecule has 0 saturated carbocycles. The summed E-state index contributed by atoms with van der Waals surface area (Å²) in [5, 5.41) is 6.38. The molecule has 2 N–H and O–H groups in total. The molecule has 33 heavy (non-hydrogen) atoms. The summed E-state index contributed by atoms with van der Waals surface area (Å²) in [7, 11) is 1.63. The van der Waals surface area contributed by atoms with Crippen molar-refractivity contribution >= 4 is 34.6 Å². The predicted octanol–water partition coefficient (Wildman–Crippen LogP) is 5.17. The smallest absolute Gasteiger partial charge is 0.258 e. The number of anilines is 1. The normalized spacial score (nSPS) is 15.5. The van der Waals surface area contributed by atoms with Crippen molar-refractivity contribution in [3.05, 3.63) is 81.4 Å². The van der Waals surface area contributed by atoms with Crippen LogP contribution in [0.1, 0.15) is 56.3 Å². The molecule has 2 heterocycles. The summed E-state index contributed by atoms with van der Waals surface area (Å²) in [6.45, 7) is 7.91. The summed E-state index contributed by atoms with van der Waals surface area (Å²) < 4.78 is 9.62. The first-order valence-corrected chi connectivity index (χ1v) is 11.5. The Bertz CT molecular complexity index is 1250. The third kappa shape index (κ3) is 4.83. The number of aryl methyl sites for hydroxylation is 2. The van der Waals surface area contributed by atoms with E-state index in [-0.39, 0.29) is 17.2 Å². The molecule has 0 saturated heterocycles. The van der Waals surface area contributed by atoms with Gasteiger partial charge < -0.3 is 15.4 Å². The summed E-state index contributed by atoms with van der Waals surface area (Å²) in [5.41, 5.74) is 5.03. The number of benzene rings is 2. The van der Waals surface area contributed by atoms with Gasteiger partial charge in [-0.1, -0.05) is 18.2 Å². The Morgan fingerprint density at radius 1 is 1.18 bits per heavy atom. The first-order valence-electron chi connectivity index (χ1n) is 10.7. The lowest BCUT2D eigenvalue weighted by Gasteiger charge is -2.35.